The normalized spacial score (nSPS) is 21.4. The van der Waals surface area contributed by atoms with E-state index in [2.05, 4.69) is 27.5 Å². The largest absolute Gasteiger partial charge is 0.364 e. The van der Waals surface area contributed by atoms with Gasteiger partial charge in [-0.2, -0.15) is 0 Å². The molecule has 0 aromatic carbocycles. The summed E-state index contributed by atoms with van der Waals surface area (Å²) in [6.45, 7) is 3.30. The van der Waals surface area contributed by atoms with Crippen molar-refractivity contribution in [1.82, 2.24) is 24.7 Å². The number of imidazole rings is 1. The van der Waals surface area contributed by atoms with Gasteiger partial charge < -0.3 is 10.6 Å². The van der Waals surface area contributed by atoms with Crippen LogP contribution in [0.25, 0.3) is 17.0 Å². The fourth-order valence-electron chi connectivity index (χ4n) is 3.11. The van der Waals surface area contributed by atoms with Crippen LogP contribution < -0.4 is 10.6 Å². The van der Waals surface area contributed by atoms with Gasteiger partial charge in [0.05, 0.1) is 24.3 Å². The maximum Gasteiger partial charge on any atom is 0.145 e. The van der Waals surface area contributed by atoms with E-state index in [1.165, 1.54) is 6.42 Å². The topological polar surface area (TPSA) is 67.1 Å². The van der Waals surface area contributed by atoms with Gasteiger partial charge in [-0.25, -0.2) is 9.97 Å². The molecule has 0 aliphatic carbocycles. The van der Waals surface area contributed by atoms with E-state index < -0.39 is 0 Å². The number of pyridine rings is 1. The molecule has 0 unspecified atom stereocenters. The zero-order valence-corrected chi connectivity index (χ0v) is 13.1. The van der Waals surface area contributed by atoms with E-state index in [-0.39, 0.29) is 0 Å². The Kier molecular flexibility index (Phi) is 3.67. The van der Waals surface area contributed by atoms with Gasteiger partial charge in [0.2, 0.25) is 0 Å². The molecular weight excluding hydrogens is 288 g/mol. The molecule has 23 heavy (non-hydrogen) atoms. The summed E-state index contributed by atoms with van der Waals surface area (Å²) < 4.78 is 2.03. The van der Waals surface area contributed by atoms with Crippen LogP contribution in [0.15, 0.2) is 43.0 Å². The van der Waals surface area contributed by atoms with Gasteiger partial charge in [0.1, 0.15) is 17.2 Å². The number of fused-ring (bicyclic) bond motifs is 1. The third-order valence-corrected chi connectivity index (χ3v) is 4.41. The van der Waals surface area contributed by atoms with Crippen molar-refractivity contribution >= 4 is 11.5 Å². The maximum atomic E-state index is 4.73. The van der Waals surface area contributed by atoms with E-state index in [0.717, 1.165) is 35.8 Å². The molecule has 0 saturated carbocycles. The van der Waals surface area contributed by atoms with Gasteiger partial charge in [-0.3, -0.25) is 9.38 Å². The standard InChI is InChI=1S/C17H20N6/c1-12-13(5-4-7-19-12)21-16-11-18-9-14(22-16)15-10-20-17-6-2-3-8-23(15)17/h2-3,6,8-13,19H,4-5,7H2,1H3,(H,21,22)/t12-,13+/m1/s1. The monoisotopic (exact) mass is 308 g/mol. The highest BCUT2D eigenvalue weighted by Crippen LogP contribution is 2.20. The summed E-state index contributed by atoms with van der Waals surface area (Å²) in [6.07, 6.45) is 9.73. The van der Waals surface area contributed by atoms with Crippen molar-refractivity contribution < 1.29 is 0 Å². The van der Waals surface area contributed by atoms with Crippen LogP contribution in [0.5, 0.6) is 0 Å². The van der Waals surface area contributed by atoms with E-state index in [1.54, 1.807) is 12.4 Å². The van der Waals surface area contributed by atoms with Crippen molar-refractivity contribution in [3.63, 3.8) is 0 Å². The lowest BCUT2D eigenvalue weighted by atomic mass is 10.00. The van der Waals surface area contributed by atoms with Crippen molar-refractivity contribution in [3.8, 4) is 11.4 Å². The molecule has 1 aliphatic heterocycles. The molecule has 4 heterocycles. The van der Waals surface area contributed by atoms with Gasteiger partial charge in [0.25, 0.3) is 0 Å². The maximum absolute atomic E-state index is 4.73. The summed E-state index contributed by atoms with van der Waals surface area (Å²) >= 11 is 0. The van der Waals surface area contributed by atoms with E-state index in [1.807, 2.05) is 35.0 Å². The van der Waals surface area contributed by atoms with Crippen LogP contribution in [-0.2, 0) is 0 Å². The van der Waals surface area contributed by atoms with E-state index in [0.29, 0.717) is 12.1 Å². The van der Waals surface area contributed by atoms with Crippen LogP contribution in [0.2, 0.25) is 0 Å². The van der Waals surface area contributed by atoms with Gasteiger partial charge in [-0.1, -0.05) is 6.07 Å². The van der Waals surface area contributed by atoms with Gasteiger partial charge in [-0.05, 0) is 38.4 Å². The molecule has 0 bridgehead atoms. The molecule has 3 aromatic rings. The predicted octanol–water partition coefficient (Wildman–Crippen LogP) is 2.34. The first-order valence-corrected chi connectivity index (χ1v) is 8.06. The molecule has 0 amide bonds. The van der Waals surface area contributed by atoms with Crippen molar-refractivity contribution in [1.29, 1.82) is 0 Å². The third kappa shape index (κ3) is 2.77. The Labute approximate surface area is 135 Å². The number of nitrogens with zero attached hydrogens (tertiary/aromatic N) is 4. The smallest absolute Gasteiger partial charge is 0.145 e. The SMILES string of the molecule is C[C@H]1NCCC[C@@H]1Nc1cncc(-c2cnc3ccccn23)n1. The number of hydrogen-bond acceptors (Lipinski definition) is 5. The van der Waals surface area contributed by atoms with Crippen LogP contribution >= 0.6 is 0 Å². The highest BCUT2D eigenvalue weighted by Gasteiger charge is 2.21. The van der Waals surface area contributed by atoms with Crippen LogP contribution in [0.4, 0.5) is 5.82 Å². The van der Waals surface area contributed by atoms with E-state index in [4.69, 9.17) is 4.98 Å². The minimum Gasteiger partial charge on any atom is -0.364 e. The minimum atomic E-state index is 0.385. The van der Waals surface area contributed by atoms with E-state index in [9.17, 15) is 0 Å². The molecule has 1 fully saturated rings. The molecule has 2 atom stereocenters. The Morgan fingerprint density at radius 1 is 1.26 bits per heavy atom. The fraction of sp³-hybridized carbons (Fsp3) is 0.353. The molecule has 118 valence electrons. The molecule has 4 rings (SSSR count). The fourth-order valence-corrected chi connectivity index (χ4v) is 3.11. The molecule has 0 spiro atoms. The second-order valence-electron chi connectivity index (χ2n) is 6.00. The Morgan fingerprint density at radius 3 is 3.13 bits per heavy atom. The summed E-state index contributed by atoms with van der Waals surface area (Å²) in [4.78, 5) is 13.5. The van der Waals surface area contributed by atoms with Crippen molar-refractivity contribution in [2.45, 2.75) is 31.8 Å². The number of rotatable bonds is 3. The van der Waals surface area contributed by atoms with Crippen molar-refractivity contribution in [3.05, 3.63) is 43.0 Å². The molecule has 1 saturated heterocycles. The second-order valence-corrected chi connectivity index (χ2v) is 6.00. The Morgan fingerprint density at radius 2 is 2.22 bits per heavy atom. The predicted molar refractivity (Wildman–Crippen MR) is 90.3 cm³/mol. The minimum absolute atomic E-state index is 0.385. The molecule has 2 N–H and O–H groups in total. The van der Waals surface area contributed by atoms with Crippen LogP contribution in [0, 0.1) is 0 Å². The first-order valence-electron chi connectivity index (χ1n) is 8.06. The molecule has 6 nitrogen and oxygen atoms in total. The van der Waals surface area contributed by atoms with Gasteiger partial charge >= 0.3 is 0 Å². The number of aromatic nitrogens is 4. The van der Waals surface area contributed by atoms with E-state index >= 15 is 0 Å². The summed E-state index contributed by atoms with van der Waals surface area (Å²) in [5.74, 6) is 0.814. The van der Waals surface area contributed by atoms with Crippen molar-refractivity contribution in [2.24, 2.45) is 0 Å². The number of nitrogens with one attached hydrogen (secondary N) is 2. The highest BCUT2D eigenvalue weighted by molar-refractivity contribution is 5.60. The third-order valence-electron chi connectivity index (χ3n) is 4.41. The lowest BCUT2D eigenvalue weighted by Gasteiger charge is -2.30. The van der Waals surface area contributed by atoms with Crippen LogP contribution in [0.3, 0.4) is 0 Å². The lowest BCUT2D eigenvalue weighted by Crippen LogP contribution is -2.46. The van der Waals surface area contributed by atoms with Gasteiger partial charge in [-0.15, -0.1) is 0 Å². The molecule has 6 heteroatoms. The number of piperidine rings is 1. The Balaban J connectivity index is 1.63. The second kappa shape index (κ2) is 5.96. The molecule has 1 aliphatic rings. The quantitative estimate of drug-likeness (QED) is 0.777. The first-order chi connectivity index (χ1) is 11.3. The average Bonchev–Trinajstić information content (AvgIpc) is 3.01. The zero-order chi connectivity index (χ0) is 15.6. The average molecular weight is 308 g/mol. The highest BCUT2D eigenvalue weighted by atomic mass is 15.1. The molecule has 0 radical (unpaired) electrons. The first kappa shape index (κ1) is 14.1. The van der Waals surface area contributed by atoms with Gasteiger partial charge in [0.15, 0.2) is 0 Å². The summed E-state index contributed by atoms with van der Waals surface area (Å²) in [7, 11) is 0. The number of hydrogen-bond donors (Lipinski definition) is 2. The van der Waals surface area contributed by atoms with Crippen molar-refractivity contribution in [2.75, 3.05) is 11.9 Å². The Bertz CT molecular complexity index is 811. The summed E-state index contributed by atoms with van der Waals surface area (Å²) in [6, 6.07) is 6.77. The van der Waals surface area contributed by atoms with Gasteiger partial charge in [0, 0.05) is 18.3 Å². The zero-order valence-electron chi connectivity index (χ0n) is 13.1. The summed E-state index contributed by atoms with van der Waals surface area (Å²) in [5, 5.41) is 7.01. The lowest BCUT2D eigenvalue weighted by molar-refractivity contribution is 0.388. The number of anilines is 1. The van der Waals surface area contributed by atoms with Crippen LogP contribution in [0.1, 0.15) is 19.8 Å². The Hall–Kier alpha value is -2.47. The van der Waals surface area contributed by atoms with Crippen LogP contribution in [-0.4, -0.2) is 38.0 Å². The molecular formula is C17H20N6. The summed E-state index contributed by atoms with van der Waals surface area (Å²) in [5.41, 5.74) is 2.68. The molecule has 3 aromatic heterocycles.